The second-order valence-electron chi connectivity index (χ2n) is 15.2. The Hall–Kier alpha value is -3.08. The van der Waals surface area contributed by atoms with Crippen molar-refractivity contribution in [3.05, 3.63) is 72.9 Å². The van der Waals surface area contributed by atoms with Gasteiger partial charge in [-0.3, -0.25) is 18.6 Å². The summed E-state index contributed by atoms with van der Waals surface area (Å²) in [5.74, 6) is -2.41. The third kappa shape index (κ3) is 41.6. The molecule has 3 unspecified atom stereocenters. The lowest BCUT2D eigenvalue weighted by Crippen LogP contribution is -2.43. The van der Waals surface area contributed by atoms with Crippen LogP contribution in [0.4, 0.5) is 0 Å². The summed E-state index contributed by atoms with van der Waals surface area (Å²) in [4.78, 5) is 45.9. The second-order valence-corrected chi connectivity index (χ2v) is 16.7. The highest BCUT2D eigenvalue weighted by molar-refractivity contribution is 7.47. The number of hydrogen-bond donors (Lipinski definition) is 4. The van der Waals surface area contributed by atoms with Crippen LogP contribution >= 0.6 is 7.82 Å². The van der Waals surface area contributed by atoms with Gasteiger partial charge in [0, 0.05) is 12.8 Å². The number of carbonyl (C=O) groups excluding carboxylic acids is 2. The van der Waals surface area contributed by atoms with Gasteiger partial charge < -0.3 is 25.2 Å². The normalized spacial score (nSPS) is 14.3. The molecule has 0 heterocycles. The van der Waals surface area contributed by atoms with E-state index < -0.39 is 57.6 Å². The highest BCUT2D eigenvalue weighted by atomic mass is 31.2. The van der Waals surface area contributed by atoms with E-state index in [1.165, 1.54) is 38.5 Å². The Morgan fingerprint density at radius 2 is 0.950 bits per heavy atom. The fourth-order valence-corrected chi connectivity index (χ4v) is 6.64. The average molecular weight is 864 g/mol. The number of ether oxygens (including phenoxy) is 1. The van der Waals surface area contributed by atoms with Crippen molar-refractivity contribution in [1.82, 2.24) is 5.32 Å². The number of aliphatic hydroxyl groups is 1. The molecular weight excluding hydrogens is 781 g/mol. The van der Waals surface area contributed by atoms with Crippen LogP contribution in [0.5, 0.6) is 0 Å². The summed E-state index contributed by atoms with van der Waals surface area (Å²) in [7, 11) is -4.77. The lowest BCUT2D eigenvalue weighted by atomic mass is 10.1. The number of esters is 1. The van der Waals surface area contributed by atoms with Crippen molar-refractivity contribution >= 4 is 25.7 Å². The predicted molar refractivity (Wildman–Crippen MR) is 244 cm³/mol. The van der Waals surface area contributed by atoms with Gasteiger partial charge >= 0.3 is 19.8 Å². The molecule has 0 spiro atoms. The van der Waals surface area contributed by atoms with E-state index >= 15 is 0 Å². The van der Waals surface area contributed by atoms with E-state index in [4.69, 9.17) is 13.8 Å². The first-order chi connectivity index (χ1) is 29.1. The molecule has 0 aromatic rings. The van der Waals surface area contributed by atoms with Crippen LogP contribution in [0, 0.1) is 0 Å². The minimum Gasteiger partial charge on any atom is -0.480 e. The Bertz CT molecular complexity index is 1290. The van der Waals surface area contributed by atoms with Gasteiger partial charge in [0.1, 0.15) is 12.7 Å². The van der Waals surface area contributed by atoms with Crippen LogP contribution in [0.1, 0.15) is 181 Å². The number of hydrogen-bond acceptors (Lipinski definition) is 8. The van der Waals surface area contributed by atoms with Gasteiger partial charge in [-0.15, -0.1) is 0 Å². The molecule has 0 aromatic heterocycles. The number of carboxylic acid groups (broad SMARTS) is 1. The monoisotopic (exact) mass is 864 g/mol. The lowest BCUT2D eigenvalue weighted by molar-refractivity contribution is -0.147. The quantitative estimate of drug-likeness (QED) is 0.0201. The predicted octanol–water partition coefficient (Wildman–Crippen LogP) is 12.1. The third-order valence-electron chi connectivity index (χ3n) is 9.45. The van der Waals surface area contributed by atoms with E-state index in [-0.39, 0.29) is 12.8 Å². The van der Waals surface area contributed by atoms with E-state index in [0.29, 0.717) is 12.8 Å². The van der Waals surface area contributed by atoms with E-state index in [0.717, 1.165) is 103 Å². The zero-order valence-electron chi connectivity index (χ0n) is 37.2. The third-order valence-corrected chi connectivity index (χ3v) is 10.4. The molecule has 0 saturated heterocycles. The Morgan fingerprint density at radius 3 is 1.43 bits per heavy atom. The molecule has 12 heteroatoms. The van der Waals surface area contributed by atoms with Gasteiger partial charge in [-0.2, -0.15) is 0 Å². The SMILES string of the molecule is CCC/C=C\C/C=C\CCCCCCCC(=O)NC(COP(=O)(O)OCC(O)COC(=O)CCCCCCCCC/C=C\C/C=C\C/C=C\C/C=C\CCCCC)C(=O)O. The van der Waals surface area contributed by atoms with Crippen molar-refractivity contribution < 1.29 is 47.8 Å². The Morgan fingerprint density at radius 1 is 0.533 bits per heavy atom. The van der Waals surface area contributed by atoms with Crippen LogP contribution in [0.15, 0.2) is 72.9 Å². The lowest BCUT2D eigenvalue weighted by Gasteiger charge is -2.18. The van der Waals surface area contributed by atoms with Crippen molar-refractivity contribution in [3.8, 4) is 0 Å². The molecule has 344 valence electrons. The number of unbranched alkanes of at least 4 members (excludes halogenated alkanes) is 16. The maximum absolute atomic E-state index is 12.3. The van der Waals surface area contributed by atoms with Gasteiger partial charge in [-0.05, 0) is 83.5 Å². The van der Waals surface area contributed by atoms with Crippen molar-refractivity contribution in [2.45, 2.75) is 193 Å². The van der Waals surface area contributed by atoms with Crippen LogP contribution in [-0.4, -0.2) is 64.9 Å². The van der Waals surface area contributed by atoms with Crippen LogP contribution < -0.4 is 5.32 Å². The molecule has 0 aliphatic carbocycles. The largest absolute Gasteiger partial charge is 0.480 e. The van der Waals surface area contributed by atoms with Gasteiger partial charge in [-0.1, -0.05) is 157 Å². The zero-order chi connectivity index (χ0) is 44.2. The molecule has 4 N–H and O–H groups in total. The minimum absolute atomic E-state index is 0.125. The van der Waals surface area contributed by atoms with Crippen molar-refractivity contribution in [1.29, 1.82) is 0 Å². The second kappa shape index (κ2) is 42.6. The minimum atomic E-state index is -4.77. The molecule has 0 saturated carbocycles. The Labute approximate surface area is 363 Å². The van der Waals surface area contributed by atoms with Crippen LogP contribution in [-0.2, 0) is 32.7 Å². The number of phosphoric ester groups is 1. The average Bonchev–Trinajstić information content (AvgIpc) is 3.22. The summed E-state index contributed by atoms with van der Waals surface area (Å²) in [6.45, 7) is 2.46. The van der Waals surface area contributed by atoms with Crippen molar-refractivity contribution in [3.63, 3.8) is 0 Å². The van der Waals surface area contributed by atoms with Gasteiger partial charge in [0.2, 0.25) is 5.91 Å². The molecule has 1 amide bonds. The molecule has 3 atom stereocenters. The molecule has 0 fully saturated rings. The molecule has 11 nitrogen and oxygen atoms in total. The van der Waals surface area contributed by atoms with E-state index in [9.17, 15) is 34.1 Å². The summed E-state index contributed by atoms with van der Waals surface area (Å²) in [5.41, 5.74) is 0. The topological polar surface area (TPSA) is 169 Å². The first-order valence-corrected chi connectivity index (χ1v) is 24.5. The summed E-state index contributed by atoms with van der Waals surface area (Å²) in [6.07, 6.45) is 50.7. The number of nitrogens with one attached hydrogen (secondary N) is 1. The summed E-state index contributed by atoms with van der Waals surface area (Å²) >= 11 is 0. The fraction of sp³-hybridized carbons (Fsp3) is 0.688. The van der Waals surface area contributed by atoms with Crippen LogP contribution in [0.2, 0.25) is 0 Å². The van der Waals surface area contributed by atoms with Crippen LogP contribution in [0.25, 0.3) is 0 Å². The first kappa shape index (κ1) is 56.9. The maximum Gasteiger partial charge on any atom is 0.472 e. The molecule has 0 radical (unpaired) electrons. The number of allylic oxidation sites excluding steroid dienone is 12. The summed E-state index contributed by atoms with van der Waals surface area (Å²) in [5, 5.41) is 21.8. The number of aliphatic hydroxyl groups excluding tert-OH is 1. The standard InChI is InChI=1S/C48H82NO10P/c1-3-5-7-9-11-13-15-17-18-19-20-21-22-23-24-25-26-28-30-32-34-36-38-40-47(52)57-41-44(50)42-58-60(55,56)59-43-45(48(53)54)49-46(51)39-37-35-33-31-29-27-16-14-12-10-8-6-4-2/h8,10-11,13-14,16-18,20-21,23-24,44-45,50H,3-7,9,12,15,19,22,25-43H2,1-2H3,(H,49,51)(H,53,54)(H,55,56)/b10-8-,13-11-,16-14-,18-17-,21-20-,24-23-. The van der Waals surface area contributed by atoms with Gasteiger partial charge in [0.15, 0.2) is 6.04 Å². The van der Waals surface area contributed by atoms with Crippen molar-refractivity contribution in [2.24, 2.45) is 0 Å². The Balaban J connectivity index is 3.90. The molecule has 60 heavy (non-hydrogen) atoms. The smallest absolute Gasteiger partial charge is 0.472 e. The number of amides is 1. The summed E-state index contributed by atoms with van der Waals surface area (Å²) in [6, 6.07) is -1.56. The van der Waals surface area contributed by atoms with Crippen LogP contribution in [0.3, 0.4) is 0 Å². The number of aliphatic carboxylic acids is 1. The van der Waals surface area contributed by atoms with Crippen molar-refractivity contribution in [2.75, 3.05) is 19.8 Å². The van der Waals surface area contributed by atoms with Gasteiger partial charge in [0.25, 0.3) is 0 Å². The molecule has 0 bridgehead atoms. The van der Waals surface area contributed by atoms with Gasteiger partial charge in [-0.25, -0.2) is 9.36 Å². The number of carboxylic acids is 1. The van der Waals surface area contributed by atoms with E-state index in [1.54, 1.807) is 0 Å². The highest BCUT2D eigenvalue weighted by Gasteiger charge is 2.28. The van der Waals surface area contributed by atoms with E-state index in [2.05, 4.69) is 92.1 Å². The molecule has 0 aliphatic rings. The zero-order valence-corrected chi connectivity index (χ0v) is 38.1. The highest BCUT2D eigenvalue weighted by Crippen LogP contribution is 2.43. The number of carbonyl (C=O) groups is 3. The Kier molecular flexibility index (Phi) is 40.4. The number of phosphoric acid groups is 1. The number of rotatable bonds is 42. The molecular formula is C48H82NO10P. The molecule has 0 aliphatic heterocycles. The first-order valence-electron chi connectivity index (χ1n) is 23.0. The maximum atomic E-state index is 12.3. The molecule has 0 rings (SSSR count). The molecule has 0 aromatic carbocycles. The summed E-state index contributed by atoms with van der Waals surface area (Å²) < 4.78 is 26.8. The van der Waals surface area contributed by atoms with Gasteiger partial charge in [0.05, 0.1) is 13.2 Å². The van der Waals surface area contributed by atoms with E-state index in [1.807, 2.05) is 0 Å². The fourth-order valence-electron chi connectivity index (χ4n) is 5.86.